The van der Waals surface area contributed by atoms with E-state index in [1.165, 1.54) is 12.1 Å². The molecule has 0 saturated heterocycles. The van der Waals surface area contributed by atoms with Gasteiger partial charge in [-0.25, -0.2) is 17.5 Å². The first-order chi connectivity index (χ1) is 9.90. The highest BCUT2D eigenvalue weighted by atomic mass is 32.2. The van der Waals surface area contributed by atoms with Gasteiger partial charge in [-0.2, -0.15) is 0 Å². The number of nitrogens with one attached hydrogen (secondary N) is 1. The Labute approximate surface area is 127 Å². The molecule has 1 unspecified atom stereocenters. The lowest BCUT2D eigenvalue weighted by molar-refractivity contribution is 0.514. The van der Waals surface area contributed by atoms with Crippen molar-refractivity contribution in [2.75, 3.05) is 0 Å². The van der Waals surface area contributed by atoms with E-state index in [2.05, 4.69) is 11.6 Å². The van der Waals surface area contributed by atoms with Crippen LogP contribution in [0, 0.1) is 5.82 Å². The van der Waals surface area contributed by atoms with Gasteiger partial charge in [-0.3, -0.25) is 0 Å². The molecule has 0 radical (unpaired) electrons. The second kappa shape index (κ2) is 8.46. The van der Waals surface area contributed by atoms with Gasteiger partial charge in [-0.15, -0.1) is 0 Å². The van der Waals surface area contributed by atoms with Crippen molar-refractivity contribution in [1.82, 2.24) is 4.72 Å². The molecule has 0 bridgehead atoms. The molecule has 21 heavy (non-hydrogen) atoms. The van der Waals surface area contributed by atoms with Crippen LogP contribution >= 0.6 is 0 Å². The summed E-state index contributed by atoms with van der Waals surface area (Å²) in [4.78, 5) is -0.328. The van der Waals surface area contributed by atoms with Crippen LogP contribution in [0.2, 0.25) is 0 Å². The van der Waals surface area contributed by atoms with Gasteiger partial charge in [0.2, 0.25) is 10.0 Å². The monoisotopic (exact) mass is 316 g/mol. The summed E-state index contributed by atoms with van der Waals surface area (Å²) in [5, 5.41) is 0. The van der Waals surface area contributed by atoms with Crippen LogP contribution in [0.15, 0.2) is 23.1 Å². The third-order valence-electron chi connectivity index (χ3n) is 3.37. The zero-order chi connectivity index (χ0) is 15.9. The minimum Gasteiger partial charge on any atom is -0.326 e. The van der Waals surface area contributed by atoms with Gasteiger partial charge < -0.3 is 5.73 Å². The van der Waals surface area contributed by atoms with Crippen LogP contribution in [-0.2, 0) is 16.6 Å². The van der Waals surface area contributed by atoms with Gasteiger partial charge in [-0.1, -0.05) is 38.7 Å². The normalized spacial score (nSPS) is 13.3. The molecular formula is C15H25FN2O2S. The number of benzene rings is 1. The number of halogens is 1. The Bertz CT molecular complexity index is 547. The molecule has 0 aliphatic rings. The van der Waals surface area contributed by atoms with Gasteiger partial charge in [0.1, 0.15) is 10.7 Å². The highest BCUT2D eigenvalue weighted by Crippen LogP contribution is 2.17. The van der Waals surface area contributed by atoms with Crippen molar-refractivity contribution < 1.29 is 12.8 Å². The summed E-state index contributed by atoms with van der Waals surface area (Å²) < 4.78 is 40.7. The molecule has 1 atom stereocenters. The van der Waals surface area contributed by atoms with Crippen molar-refractivity contribution in [2.45, 2.75) is 63.4 Å². The number of unbranched alkanes of at least 4 members (excludes halogenated alkanes) is 3. The Morgan fingerprint density at radius 2 is 2.00 bits per heavy atom. The molecule has 1 rings (SSSR count). The van der Waals surface area contributed by atoms with Crippen molar-refractivity contribution in [1.29, 1.82) is 0 Å². The maximum Gasteiger partial charge on any atom is 0.243 e. The molecule has 0 aliphatic heterocycles. The third-order valence-corrected chi connectivity index (χ3v) is 4.97. The van der Waals surface area contributed by atoms with Crippen LogP contribution in [0.4, 0.5) is 4.39 Å². The van der Waals surface area contributed by atoms with E-state index in [1.807, 2.05) is 0 Å². The Hall–Kier alpha value is -0.980. The second-order valence-corrected chi connectivity index (χ2v) is 7.02. The number of hydrogen-bond donors (Lipinski definition) is 2. The summed E-state index contributed by atoms with van der Waals surface area (Å²) in [5.74, 6) is -0.752. The lowest BCUT2D eigenvalue weighted by atomic mass is 10.1. The molecule has 1 aromatic rings. The smallest absolute Gasteiger partial charge is 0.243 e. The lowest BCUT2D eigenvalue weighted by Gasteiger charge is -2.15. The molecule has 0 heterocycles. The van der Waals surface area contributed by atoms with Crippen LogP contribution in [0.5, 0.6) is 0 Å². The molecule has 0 saturated carbocycles. The molecule has 6 heteroatoms. The average molecular weight is 316 g/mol. The van der Waals surface area contributed by atoms with Crippen molar-refractivity contribution in [2.24, 2.45) is 5.73 Å². The summed E-state index contributed by atoms with van der Waals surface area (Å²) in [6.45, 7) is 4.10. The minimum absolute atomic E-state index is 0.176. The predicted molar refractivity (Wildman–Crippen MR) is 82.8 cm³/mol. The molecular weight excluding hydrogens is 291 g/mol. The van der Waals surface area contributed by atoms with Gasteiger partial charge in [0.15, 0.2) is 0 Å². The third kappa shape index (κ3) is 5.73. The van der Waals surface area contributed by atoms with E-state index in [4.69, 9.17) is 5.73 Å². The SMILES string of the molecule is CCCCCCC(C)NS(=O)(=O)c1cc(CN)ccc1F. The van der Waals surface area contributed by atoms with Crippen LogP contribution < -0.4 is 10.5 Å². The van der Waals surface area contributed by atoms with Gasteiger partial charge in [0.25, 0.3) is 0 Å². The molecule has 3 N–H and O–H groups in total. The number of sulfonamides is 1. The summed E-state index contributed by atoms with van der Waals surface area (Å²) in [6, 6.07) is 3.71. The highest BCUT2D eigenvalue weighted by Gasteiger charge is 2.21. The highest BCUT2D eigenvalue weighted by molar-refractivity contribution is 7.89. The van der Waals surface area contributed by atoms with E-state index < -0.39 is 15.8 Å². The Balaban J connectivity index is 2.72. The zero-order valence-electron chi connectivity index (χ0n) is 12.7. The summed E-state index contributed by atoms with van der Waals surface area (Å²) in [5.41, 5.74) is 6.06. The van der Waals surface area contributed by atoms with Crippen molar-refractivity contribution in [3.8, 4) is 0 Å². The average Bonchev–Trinajstić information content (AvgIpc) is 2.43. The quantitative estimate of drug-likeness (QED) is 0.688. The van der Waals surface area contributed by atoms with Crippen molar-refractivity contribution >= 4 is 10.0 Å². The summed E-state index contributed by atoms with van der Waals surface area (Å²) >= 11 is 0. The Kier molecular flexibility index (Phi) is 7.28. The number of rotatable bonds is 9. The summed E-state index contributed by atoms with van der Waals surface area (Å²) in [6.07, 6.45) is 5.07. The number of hydrogen-bond acceptors (Lipinski definition) is 3. The predicted octanol–water partition coefficient (Wildman–Crippen LogP) is 2.92. The largest absolute Gasteiger partial charge is 0.326 e. The van der Waals surface area contributed by atoms with E-state index in [0.29, 0.717) is 5.56 Å². The molecule has 120 valence electrons. The minimum atomic E-state index is -3.85. The van der Waals surface area contributed by atoms with E-state index >= 15 is 0 Å². The van der Waals surface area contributed by atoms with Gasteiger partial charge in [0, 0.05) is 12.6 Å². The van der Waals surface area contributed by atoms with Crippen molar-refractivity contribution in [3.63, 3.8) is 0 Å². The van der Waals surface area contributed by atoms with Gasteiger partial charge >= 0.3 is 0 Å². The van der Waals surface area contributed by atoms with E-state index in [0.717, 1.165) is 38.2 Å². The lowest BCUT2D eigenvalue weighted by Crippen LogP contribution is -2.33. The molecule has 0 spiro atoms. The second-order valence-electron chi connectivity index (χ2n) is 5.34. The maximum absolute atomic E-state index is 13.7. The molecule has 0 fully saturated rings. The fraction of sp³-hybridized carbons (Fsp3) is 0.600. The molecule has 0 aliphatic carbocycles. The first kappa shape index (κ1) is 18.1. The fourth-order valence-electron chi connectivity index (χ4n) is 2.15. The molecule has 1 aromatic carbocycles. The van der Waals surface area contributed by atoms with E-state index in [1.54, 1.807) is 6.92 Å². The molecule has 0 amide bonds. The van der Waals surface area contributed by atoms with E-state index in [-0.39, 0.29) is 17.5 Å². The van der Waals surface area contributed by atoms with Crippen molar-refractivity contribution in [3.05, 3.63) is 29.6 Å². The molecule has 0 aromatic heterocycles. The van der Waals surface area contributed by atoms with E-state index in [9.17, 15) is 12.8 Å². The topological polar surface area (TPSA) is 72.2 Å². The first-order valence-corrected chi connectivity index (χ1v) is 8.89. The van der Waals surface area contributed by atoms with Crippen LogP contribution in [0.25, 0.3) is 0 Å². The zero-order valence-corrected chi connectivity index (χ0v) is 13.5. The standard InChI is InChI=1S/C15H25FN2O2S/c1-3-4-5-6-7-12(2)18-21(19,20)15-10-13(11-17)8-9-14(15)16/h8-10,12,18H,3-7,11,17H2,1-2H3. The Morgan fingerprint density at radius 3 is 2.62 bits per heavy atom. The van der Waals surface area contributed by atoms with Crippen LogP contribution in [-0.4, -0.2) is 14.5 Å². The number of nitrogens with two attached hydrogens (primary N) is 1. The first-order valence-electron chi connectivity index (χ1n) is 7.41. The van der Waals surface area contributed by atoms with Gasteiger partial charge in [-0.05, 0) is 31.0 Å². The summed E-state index contributed by atoms with van der Waals surface area (Å²) in [7, 11) is -3.85. The Morgan fingerprint density at radius 1 is 1.29 bits per heavy atom. The molecule has 4 nitrogen and oxygen atoms in total. The van der Waals surface area contributed by atoms with Crippen LogP contribution in [0.1, 0.15) is 51.5 Å². The van der Waals surface area contributed by atoms with Crippen LogP contribution in [0.3, 0.4) is 0 Å². The maximum atomic E-state index is 13.7. The van der Waals surface area contributed by atoms with Gasteiger partial charge in [0.05, 0.1) is 0 Å². The fourth-order valence-corrected chi connectivity index (χ4v) is 3.55.